The van der Waals surface area contributed by atoms with Crippen LogP contribution in [0.15, 0.2) is 56.2 Å². The van der Waals surface area contributed by atoms with Crippen LogP contribution in [0.1, 0.15) is 26.8 Å². The Balaban J connectivity index is 1.54. The second-order valence-corrected chi connectivity index (χ2v) is 10.4. The maximum Gasteiger partial charge on any atom is 0.338 e. The summed E-state index contributed by atoms with van der Waals surface area (Å²) in [4.78, 5) is 17.7. The lowest BCUT2D eigenvalue weighted by Crippen LogP contribution is -2.21. The smallest absolute Gasteiger partial charge is 0.338 e. The molecule has 154 valence electrons. The Morgan fingerprint density at radius 3 is 2.55 bits per heavy atom. The Morgan fingerprint density at radius 2 is 1.93 bits per heavy atom. The van der Waals surface area contributed by atoms with Crippen LogP contribution in [0.25, 0.3) is 0 Å². The van der Waals surface area contributed by atoms with Gasteiger partial charge in [-0.15, -0.1) is 23.1 Å². The lowest BCUT2D eigenvalue weighted by Gasteiger charge is -2.08. The van der Waals surface area contributed by atoms with Gasteiger partial charge in [-0.25, -0.2) is 22.5 Å². The van der Waals surface area contributed by atoms with Gasteiger partial charge in [-0.3, -0.25) is 0 Å². The average Bonchev–Trinajstić information content (AvgIpc) is 3.34. The molecule has 1 aromatic carbocycles. The van der Waals surface area contributed by atoms with E-state index < -0.39 is 16.0 Å². The number of thioether (sulfide) groups is 1. The Labute approximate surface area is 177 Å². The monoisotopic (exact) mass is 452 g/mol. The van der Waals surface area contributed by atoms with Crippen LogP contribution in [0.5, 0.6) is 0 Å². The first-order valence-electron chi connectivity index (χ1n) is 8.58. The molecular weight excluding hydrogens is 432 g/mol. The van der Waals surface area contributed by atoms with Crippen LogP contribution in [0.3, 0.4) is 0 Å². The number of aromatic nitrogens is 1. The molecule has 0 saturated carbocycles. The number of rotatable bonds is 8. The van der Waals surface area contributed by atoms with E-state index in [-0.39, 0.29) is 17.5 Å². The molecular formula is C19H20N2O5S3. The number of carbonyl (C=O) groups excluding carboxylic acids is 1. The Bertz CT molecular complexity index is 1090. The fourth-order valence-electron chi connectivity index (χ4n) is 2.29. The molecule has 2 aromatic heterocycles. The molecule has 0 aliphatic carbocycles. The highest BCUT2D eigenvalue weighted by Gasteiger charge is 2.21. The van der Waals surface area contributed by atoms with Crippen molar-refractivity contribution in [2.24, 2.45) is 0 Å². The zero-order chi connectivity index (χ0) is 21.0. The molecule has 0 unspecified atom stereocenters. The number of ether oxygens (including phenoxy) is 1. The number of hydrogen-bond donors (Lipinski definition) is 0. The van der Waals surface area contributed by atoms with E-state index >= 15 is 0 Å². The van der Waals surface area contributed by atoms with E-state index in [2.05, 4.69) is 4.98 Å². The lowest BCUT2D eigenvalue weighted by atomic mass is 10.2. The van der Waals surface area contributed by atoms with Crippen molar-refractivity contribution >= 4 is 39.1 Å². The SMILES string of the molecule is Cc1nc(CSc2ccc(C(=O)OCc3ccc(S(=O)(=O)N(C)C)o3)cc2)cs1. The van der Waals surface area contributed by atoms with Gasteiger partial charge in [-0.2, -0.15) is 0 Å². The third-order valence-electron chi connectivity index (χ3n) is 3.86. The molecule has 0 radical (unpaired) electrons. The van der Waals surface area contributed by atoms with Crippen LogP contribution in [0.2, 0.25) is 0 Å². The van der Waals surface area contributed by atoms with Crippen molar-refractivity contribution in [3.63, 3.8) is 0 Å². The van der Waals surface area contributed by atoms with Gasteiger partial charge >= 0.3 is 5.97 Å². The van der Waals surface area contributed by atoms with Crippen molar-refractivity contribution in [2.75, 3.05) is 14.1 Å². The first kappa shape index (κ1) is 21.6. The van der Waals surface area contributed by atoms with Gasteiger partial charge in [0.2, 0.25) is 5.09 Å². The first-order valence-corrected chi connectivity index (χ1v) is 11.9. The second-order valence-electron chi connectivity index (χ2n) is 6.26. The van der Waals surface area contributed by atoms with Crippen LogP contribution in [-0.4, -0.2) is 37.8 Å². The highest BCUT2D eigenvalue weighted by molar-refractivity contribution is 7.98. The predicted octanol–water partition coefficient (Wildman–Crippen LogP) is 3.94. The van der Waals surface area contributed by atoms with Crippen molar-refractivity contribution in [2.45, 2.75) is 29.3 Å². The normalized spacial score (nSPS) is 11.7. The summed E-state index contributed by atoms with van der Waals surface area (Å²) in [6.07, 6.45) is 0. The highest BCUT2D eigenvalue weighted by Crippen LogP contribution is 2.24. The van der Waals surface area contributed by atoms with Crippen LogP contribution in [-0.2, 0) is 27.1 Å². The van der Waals surface area contributed by atoms with Crippen molar-refractivity contribution in [1.82, 2.24) is 9.29 Å². The minimum Gasteiger partial charge on any atom is -0.454 e. The number of esters is 1. The third-order valence-corrected chi connectivity index (χ3v) is 7.42. The van der Waals surface area contributed by atoms with Crippen LogP contribution in [0.4, 0.5) is 0 Å². The number of thiazole rings is 1. The van der Waals surface area contributed by atoms with Gasteiger partial charge in [0.15, 0.2) is 0 Å². The summed E-state index contributed by atoms with van der Waals surface area (Å²) in [5.41, 5.74) is 1.45. The predicted molar refractivity (Wildman–Crippen MR) is 112 cm³/mol. The van der Waals surface area contributed by atoms with Gasteiger partial charge < -0.3 is 9.15 Å². The molecule has 29 heavy (non-hydrogen) atoms. The van der Waals surface area contributed by atoms with Gasteiger partial charge in [-0.05, 0) is 43.3 Å². The average molecular weight is 453 g/mol. The quantitative estimate of drug-likeness (QED) is 0.378. The molecule has 0 fully saturated rings. The van der Waals surface area contributed by atoms with E-state index in [1.54, 1.807) is 35.2 Å². The molecule has 0 aliphatic rings. The standard InChI is InChI=1S/C19H20N2O5S3/c1-13-20-15(11-27-13)12-28-17-7-4-14(5-8-17)19(22)25-10-16-6-9-18(26-16)29(23,24)21(2)3/h4-9,11H,10,12H2,1-3H3. The van der Waals surface area contributed by atoms with Gasteiger partial charge in [-0.1, -0.05) is 0 Å². The third kappa shape index (κ3) is 5.47. The van der Waals surface area contributed by atoms with E-state index in [1.807, 2.05) is 24.4 Å². The van der Waals surface area contributed by atoms with Crippen LogP contribution < -0.4 is 0 Å². The van der Waals surface area contributed by atoms with Gasteiger partial charge in [0.25, 0.3) is 10.0 Å². The molecule has 0 bridgehead atoms. The van der Waals surface area contributed by atoms with Crippen molar-refractivity contribution in [3.8, 4) is 0 Å². The molecule has 10 heteroatoms. The Hall–Kier alpha value is -2.14. The van der Waals surface area contributed by atoms with E-state index in [0.717, 1.165) is 25.7 Å². The minimum atomic E-state index is -3.66. The maximum atomic E-state index is 12.2. The number of sulfonamides is 1. The summed E-state index contributed by atoms with van der Waals surface area (Å²) in [6.45, 7) is 1.82. The molecule has 3 rings (SSSR count). The number of hydrogen-bond acceptors (Lipinski definition) is 8. The van der Waals surface area contributed by atoms with Crippen molar-refractivity contribution in [1.29, 1.82) is 0 Å². The number of nitrogens with zero attached hydrogens (tertiary/aromatic N) is 2. The molecule has 0 atom stereocenters. The molecule has 0 N–H and O–H groups in total. The second kappa shape index (κ2) is 9.12. The van der Waals surface area contributed by atoms with E-state index in [4.69, 9.17) is 9.15 Å². The van der Waals surface area contributed by atoms with E-state index in [1.165, 1.54) is 26.2 Å². The zero-order valence-electron chi connectivity index (χ0n) is 16.1. The molecule has 7 nitrogen and oxygen atoms in total. The summed E-state index contributed by atoms with van der Waals surface area (Å²) in [5.74, 6) is 0.514. The van der Waals surface area contributed by atoms with Crippen molar-refractivity contribution in [3.05, 3.63) is 63.8 Å². The summed E-state index contributed by atoms with van der Waals surface area (Å²) in [5, 5.41) is 2.89. The molecule has 2 heterocycles. The Kier molecular flexibility index (Phi) is 6.78. The number of aryl methyl sites for hydroxylation is 1. The zero-order valence-corrected chi connectivity index (χ0v) is 18.6. The van der Waals surface area contributed by atoms with Crippen molar-refractivity contribution < 1.29 is 22.4 Å². The Morgan fingerprint density at radius 1 is 1.21 bits per heavy atom. The van der Waals surface area contributed by atoms with Crippen LogP contribution in [0, 0.1) is 6.92 Å². The summed E-state index contributed by atoms with van der Waals surface area (Å²) in [6, 6.07) is 9.92. The van der Waals surface area contributed by atoms with E-state index in [0.29, 0.717) is 5.56 Å². The van der Waals surface area contributed by atoms with Crippen LogP contribution >= 0.6 is 23.1 Å². The summed E-state index contributed by atoms with van der Waals surface area (Å²) in [7, 11) is -0.828. The van der Waals surface area contributed by atoms with Gasteiger partial charge in [0.1, 0.15) is 12.4 Å². The number of carbonyl (C=O) groups is 1. The first-order chi connectivity index (χ1) is 13.8. The number of benzene rings is 1. The molecule has 0 amide bonds. The molecule has 0 aliphatic heterocycles. The summed E-state index contributed by atoms with van der Waals surface area (Å²) >= 11 is 3.27. The van der Waals surface area contributed by atoms with Gasteiger partial charge in [0.05, 0.1) is 16.3 Å². The lowest BCUT2D eigenvalue weighted by molar-refractivity contribution is 0.0440. The fourth-order valence-corrected chi connectivity index (χ4v) is 4.61. The fraction of sp³-hybridized carbons (Fsp3) is 0.263. The molecule has 0 spiro atoms. The maximum absolute atomic E-state index is 12.2. The minimum absolute atomic E-state index is 0.151. The van der Waals surface area contributed by atoms with E-state index in [9.17, 15) is 13.2 Å². The molecule has 0 saturated heterocycles. The summed E-state index contributed by atoms with van der Waals surface area (Å²) < 4.78 is 35.5. The largest absolute Gasteiger partial charge is 0.454 e. The van der Waals surface area contributed by atoms with Gasteiger partial charge in [0, 0.05) is 30.1 Å². The number of furan rings is 1. The topological polar surface area (TPSA) is 89.7 Å². The molecule has 3 aromatic rings. The highest BCUT2D eigenvalue weighted by atomic mass is 32.2.